The van der Waals surface area contributed by atoms with E-state index in [0.717, 1.165) is 12.1 Å². The molecule has 18 heavy (non-hydrogen) atoms. The molecule has 1 aliphatic heterocycles. The molecule has 0 unspecified atom stereocenters. The maximum Gasteiger partial charge on any atom is 0.00933 e. The Morgan fingerprint density at radius 1 is 1.11 bits per heavy atom. The molecule has 1 N–H and O–H groups in total. The van der Waals surface area contributed by atoms with E-state index < -0.39 is 0 Å². The lowest BCUT2D eigenvalue weighted by Crippen LogP contribution is -2.40. The van der Waals surface area contributed by atoms with Gasteiger partial charge in [0.25, 0.3) is 0 Å². The molecule has 1 saturated carbocycles. The van der Waals surface area contributed by atoms with Gasteiger partial charge in [0.2, 0.25) is 0 Å². The first-order valence-electron chi connectivity index (χ1n) is 7.89. The summed E-state index contributed by atoms with van der Waals surface area (Å²) in [6, 6.07) is 1.62. The Bertz CT molecular complexity index is 218. The Balaban J connectivity index is 1.58. The van der Waals surface area contributed by atoms with Gasteiger partial charge in [-0.15, -0.1) is 0 Å². The summed E-state index contributed by atoms with van der Waals surface area (Å²) < 4.78 is 0. The lowest BCUT2D eigenvalue weighted by molar-refractivity contribution is 0.168. The van der Waals surface area contributed by atoms with Gasteiger partial charge in [0.1, 0.15) is 0 Å². The molecule has 0 amide bonds. The van der Waals surface area contributed by atoms with Gasteiger partial charge in [0.15, 0.2) is 0 Å². The third kappa shape index (κ3) is 4.22. The fourth-order valence-corrected chi connectivity index (χ4v) is 3.54. The highest BCUT2D eigenvalue weighted by Gasteiger charge is 2.22. The quantitative estimate of drug-likeness (QED) is 0.780. The fraction of sp³-hybridized carbons (Fsp3) is 1.00. The van der Waals surface area contributed by atoms with E-state index in [2.05, 4.69) is 29.2 Å². The van der Waals surface area contributed by atoms with Crippen LogP contribution in [0.4, 0.5) is 0 Å². The monoisotopic (exact) mass is 253 g/mol. The normalized spacial score (nSPS) is 30.2. The summed E-state index contributed by atoms with van der Waals surface area (Å²) in [5.41, 5.74) is 0. The van der Waals surface area contributed by atoms with Crippen molar-refractivity contribution in [3.63, 3.8) is 0 Å². The minimum Gasteiger partial charge on any atom is -0.317 e. The van der Waals surface area contributed by atoms with E-state index >= 15 is 0 Å². The van der Waals surface area contributed by atoms with Gasteiger partial charge >= 0.3 is 0 Å². The summed E-state index contributed by atoms with van der Waals surface area (Å²) >= 11 is 0. The van der Waals surface area contributed by atoms with Crippen LogP contribution in [0.15, 0.2) is 0 Å². The molecular weight excluding hydrogens is 222 g/mol. The third-order valence-electron chi connectivity index (χ3n) is 4.91. The molecule has 1 heterocycles. The number of rotatable bonds is 6. The van der Waals surface area contributed by atoms with E-state index in [4.69, 9.17) is 0 Å². The first-order chi connectivity index (χ1) is 8.79. The second-order valence-electron chi connectivity index (χ2n) is 6.18. The molecule has 0 bridgehead atoms. The van der Waals surface area contributed by atoms with Crippen LogP contribution >= 0.6 is 0 Å². The smallest absolute Gasteiger partial charge is 0.00933 e. The van der Waals surface area contributed by atoms with Crippen LogP contribution in [0.2, 0.25) is 0 Å². The number of hydrogen-bond donors (Lipinski definition) is 1. The molecular formula is C15H31N3. The molecule has 2 aliphatic rings. The molecule has 3 heteroatoms. The zero-order chi connectivity index (χ0) is 12.8. The van der Waals surface area contributed by atoms with Gasteiger partial charge < -0.3 is 15.1 Å². The van der Waals surface area contributed by atoms with Crippen LogP contribution in [0.25, 0.3) is 0 Å². The minimum atomic E-state index is 0.777. The number of likely N-dealkylation sites (tertiary alicyclic amines) is 1. The van der Waals surface area contributed by atoms with Crippen LogP contribution in [-0.2, 0) is 0 Å². The molecule has 0 aromatic rings. The van der Waals surface area contributed by atoms with Gasteiger partial charge in [-0.1, -0.05) is 0 Å². The van der Waals surface area contributed by atoms with Crippen molar-refractivity contribution in [3.05, 3.63) is 0 Å². The van der Waals surface area contributed by atoms with Crippen LogP contribution in [0, 0.1) is 0 Å². The fourth-order valence-electron chi connectivity index (χ4n) is 3.54. The average Bonchev–Trinajstić information content (AvgIpc) is 2.92. The van der Waals surface area contributed by atoms with E-state index in [0.29, 0.717) is 0 Å². The average molecular weight is 253 g/mol. The van der Waals surface area contributed by atoms with Gasteiger partial charge in [-0.25, -0.2) is 0 Å². The topological polar surface area (TPSA) is 18.5 Å². The Morgan fingerprint density at radius 3 is 2.39 bits per heavy atom. The van der Waals surface area contributed by atoms with Crippen molar-refractivity contribution < 1.29 is 0 Å². The van der Waals surface area contributed by atoms with Gasteiger partial charge in [-0.3, -0.25) is 0 Å². The van der Waals surface area contributed by atoms with Crippen LogP contribution in [-0.4, -0.2) is 62.2 Å². The second-order valence-corrected chi connectivity index (χ2v) is 6.18. The summed E-state index contributed by atoms with van der Waals surface area (Å²) in [4.78, 5) is 5.24. The molecule has 1 aliphatic carbocycles. The highest BCUT2D eigenvalue weighted by molar-refractivity contribution is 4.81. The maximum atomic E-state index is 3.42. The number of nitrogens with one attached hydrogen (secondary N) is 1. The predicted molar refractivity (Wildman–Crippen MR) is 78.0 cm³/mol. The van der Waals surface area contributed by atoms with E-state index in [9.17, 15) is 0 Å². The Kier molecular flexibility index (Phi) is 5.93. The van der Waals surface area contributed by atoms with Gasteiger partial charge in [0.05, 0.1) is 0 Å². The highest BCUT2D eigenvalue weighted by Crippen LogP contribution is 2.22. The molecule has 0 aromatic carbocycles. The standard InChI is InChI=1S/C15H31N3/c1-16-14-6-8-15(9-7-14)17(2)10-5-13-18-11-3-4-12-18/h14-16H,3-13H2,1-2H3. The maximum absolute atomic E-state index is 3.42. The number of hydrogen-bond acceptors (Lipinski definition) is 3. The third-order valence-corrected chi connectivity index (χ3v) is 4.91. The zero-order valence-corrected chi connectivity index (χ0v) is 12.3. The SMILES string of the molecule is CNC1CCC(N(C)CCCN2CCCC2)CC1. The molecule has 1 saturated heterocycles. The van der Waals surface area contributed by atoms with Crippen molar-refractivity contribution in [2.45, 2.75) is 57.0 Å². The molecule has 2 fully saturated rings. The summed E-state index contributed by atoms with van der Waals surface area (Å²) in [6.45, 7) is 5.29. The van der Waals surface area contributed by atoms with E-state index in [1.807, 2.05) is 0 Å². The van der Waals surface area contributed by atoms with Crippen LogP contribution < -0.4 is 5.32 Å². The Hall–Kier alpha value is -0.120. The molecule has 0 atom stereocenters. The van der Waals surface area contributed by atoms with E-state index in [1.54, 1.807) is 0 Å². The van der Waals surface area contributed by atoms with Crippen molar-refractivity contribution in [2.24, 2.45) is 0 Å². The Labute approximate surface area is 113 Å². The zero-order valence-electron chi connectivity index (χ0n) is 12.3. The summed E-state index contributed by atoms with van der Waals surface area (Å²) in [5.74, 6) is 0. The molecule has 3 nitrogen and oxygen atoms in total. The van der Waals surface area contributed by atoms with Gasteiger partial charge in [0, 0.05) is 12.1 Å². The summed E-state index contributed by atoms with van der Waals surface area (Å²) in [5, 5.41) is 3.42. The van der Waals surface area contributed by atoms with Crippen LogP contribution in [0.3, 0.4) is 0 Å². The summed E-state index contributed by atoms with van der Waals surface area (Å²) in [6.07, 6.45) is 9.67. The summed E-state index contributed by atoms with van der Waals surface area (Å²) in [7, 11) is 4.43. The minimum absolute atomic E-state index is 0.777. The van der Waals surface area contributed by atoms with Crippen molar-refractivity contribution in [2.75, 3.05) is 40.3 Å². The molecule has 0 radical (unpaired) electrons. The van der Waals surface area contributed by atoms with E-state index in [1.165, 1.54) is 71.1 Å². The molecule has 106 valence electrons. The van der Waals surface area contributed by atoms with Crippen molar-refractivity contribution in [1.29, 1.82) is 0 Å². The molecule has 0 spiro atoms. The number of nitrogens with zero attached hydrogens (tertiary/aromatic N) is 2. The van der Waals surface area contributed by atoms with Crippen LogP contribution in [0.5, 0.6) is 0 Å². The lowest BCUT2D eigenvalue weighted by atomic mass is 9.90. The Morgan fingerprint density at radius 2 is 1.78 bits per heavy atom. The second kappa shape index (κ2) is 7.46. The first-order valence-corrected chi connectivity index (χ1v) is 7.89. The van der Waals surface area contributed by atoms with Crippen LogP contribution in [0.1, 0.15) is 44.9 Å². The van der Waals surface area contributed by atoms with E-state index in [-0.39, 0.29) is 0 Å². The highest BCUT2D eigenvalue weighted by atomic mass is 15.2. The first kappa shape index (κ1) is 14.3. The van der Waals surface area contributed by atoms with Crippen molar-refractivity contribution in [3.8, 4) is 0 Å². The van der Waals surface area contributed by atoms with Gasteiger partial charge in [-0.2, -0.15) is 0 Å². The largest absolute Gasteiger partial charge is 0.317 e. The van der Waals surface area contributed by atoms with Crippen molar-refractivity contribution >= 4 is 0 Å². The van der Waals surface area contributed by atoms with Gasteiger partial charge in [-0.05, 0) is 85.2 Å². The van der Waals surface area contributed by atoms with Crippen molar-refractivity contribution in [1.82, 2.24) is 15.1 Å². The lowest BCUT2D eigenvalue weighted by Gasteiger charge is -2.34. The molecule has 0 aromatic heterocycles. The predicted octanol–water partition coefficient (Wildman–Crippen LogP) is 1.93. The molecule has 2 rings (SSSR count).